The average Bonchev–Trinajstić information content (AvgIpc) is 2.88. The number of nitrogens with one attached hydrogen (secondary N) is 1. The van der Waals surface area contributed by atoms with E-state index in [1.54, 1.807) is 18.4 Å². The number of anilines is 1. The summed E-state index contributed by atoms with van der Waals surface area (Å²) in [5.74, 6) is 0.132. The Morgan fingerprint density at radius 1 is 1.10 bits per heavy atom. The topological polar surface area (TPSA) is 34.4 Å². The number of hydrogen-bond donors (Lipinski definition) is 1. The molecule has 1 heterocycles. The van der Waals surface area contributed by atoms with Crippen molar-refractivity contribution in [3.63, 3.8) is 0 Å². The Kier molecular flexibility index (Phi) is 3.73. The van der Waals surface area contributed by atoms with Gasteiger partial charge in [-0.1, -0.05) is 24.3 Å². The van der Waals surface area contributed by atoms with Gasteiger partial charge in [-0.05, 0) is 18.2 Å². The van der Waals surface area contributed by atoms with Crippen LogP contribution >= 0.6 is 0 Å². The summed E-state index contributed by atoms with van der Waals surface area (Å²) >= 11 is 0. The Hall–Kier alpha value is -2.56. The molecule has 21 heavy (non-hydrogen) atoms. The second kappa shape index (κ2) is 5.83. The molecule has 0 aliphatic rings. The smallest absolute Gasteiger partial charge is 0.387 e. The zero-order chi connectivity index (χ0) is 14.7. The van der Waals surface area contributed by atoms with E-state index in [1.807, 2.05) is 24.3 Å². The lowest BCUT2D eigenvalue weighted by molar-refractivity contribution is -0.0498. The molecule has 3 aromatic rings. The maximum atomic E-state index is 12.2. The second-order valence-corrected chi connectivity index (χ2v) is 4.52. The van der Waals surface area contributed by atoms with Crippen molar-refractivity contribution in [3.05, 3.63) is 60.4 Å². The van der Waals surface area contributed by atoms with Crippen molar-refractivity contribution in [1.29, 1.82) is 0 Å². The molecule has 0 radical (unpaired) electrons. The summed E-state index contributed by atoms with van der Waals surface area (Å²) in [5, 5.41) is 4.20. The highest BCUT2D eigenvalue weighted by Crippen LogP contribution is 2.23. The molecule has 0 atom stereocenters. The van der Waals surface area contributed by atoms with Gasteiger partial charge in [0.15, 0.2) is 0 Å². The van der Waals surface area contributed by atoms with Crippen LogP contribution in [0.5, 0.6) is 5.75 Å². The van der Waals surface area contributed by atoms with Crippen LogP contribution in [-0.4, -0.2) is 6.61 Å². The summed E-state index contributed by atoms with van der Waals surface area (Å²) in [6.07, 6.45) is 1.69. The summed E-state index contributed by atoms with van der Waals surface area (Å²) in [5.41, 5.74) is 2.54. The Balaban J connectivity index is 1.72. The van der Waals surface area contributed by atoms with Gasteiger partial charge < -0.3 is 14.5 Å². The van der Waals surface area contributed by atoms with Crippen molar-refractivity contribution < 1.29 is 17.9 Å². The fourth-order valence-corrected chi connectivity index (χ4v) is 2.15. The van der Waals surface area contributed by atoms with Crippen molar-refractivity contribution in [2.24, 2.45) is 0 Å². The molecular weight excluding hydrogens is 276 g/mol. The van der Waals surface area contributed by atoms with Gasteiger partial charge in [-0.15, -0.1) is 0 Å². The van der Waals surface area contributed by atoms with E-state index in [0.29, 0.717) is 12.2 Å². The number of benzene rings is 2. The monoisotopic (exact) mass is 289 g/mol. The molecule has 0 fully saturated rings. The highest BCUT2D eigenvalue weighted by atomic mass is 19.3. The van der Waals surface area contributed by atoms with Gasteiger partial charge in [0.2, 0.25) is 0 Å². The molecule has 108 valence electrons. The van der Waals surface area contributed by atoms with Crippen LogP contribution in [0.2, 0.25) is 0 Å². The Labute approximate surface area is 120 Å². The molecule has 1 aromatic heterocycles. The molecular formula is C16H13F2NO2. The quantitative estimate of drug-likeness (QED) is 0.742. The number of hydrogen-bond acceptors (Lipinski definition) is 3. The Morgan fingerprint density at radius 2 is 1.95 bits per heavy atom. The van der Waals surface area contributed by atoms with Gasteiger partial charge >= 0.3 is 6.61 Å². The molecule has 5 heteroatoms. The number of furan rings is 1. The molecule has 0 saturated carbocycles. The maximum Gasteiger partial charge on any atom is 0.387 e. The molecule has 3 nitrogen and oxygen atoms in total. The van der Waals surface area contributed by atoms with Crippen LogP contribution in [0.4, 0.5) is 14.5 Å². The lowest BCUT2D eigenvalue weighted by atomic mass is 10.2. The summed E-state index contributed by atoms with van der Waals surface area (Å²) in [6.45, 7) is -2.28. The predicted octanol–water partition coefficient (Wildman–Crippen LogP) is 4.65. The predicted molar refractivity (Wildman–Crippen MR) is 76.6 cm³/mol. The maximum absolute atomic E-state index is 12.2. The lowest BCUT2D eigenvalue weighted by Gasteiger charge is -2.08. The van der Waals surface area contributed by atoms with Crippen molar-refractivity contribution in [3.8, 4) is 5.75 Å². The first-order valence-electron chi connectivity index (χ1n) is 6.46. The first-order valence-corrected chi connectivity index (χ1v) is 6.46. The van der Waals surface area contributed by atoms with Crippen LogP contribution < -0.4 is 10.1 Å². The highest BCUT2D eigenvalue weighted by molar-refractivity contribution is 5.81. The number of alkyl halides is 2. The fourth-order valence-electron chi connectivity index (χ4n) is 2.15. The molecule has 0 aliphatic carbocycles. The van der Waals surface area contributed by atoms with Crippen molar-refractivity contribution >= 4 is 16.7 Å². The highest BCUT2D eigenvalue weighted by Gasteiger charge is 2.06. The SMILES string of the molecule is FC(F)Oc1cccc(NCc2coc3ccccc23)c1. The minimum Gasteiger partial charge on any atom is -0.464 e. The molecule has 0 saturated heterocycles. The van der Waals surface area contributed by atoms with Gasteiger partial charge in [-0.2, -0.15) is 8.78 Å². The lowest BCUT2D eigenvalue weighted by Crippen LogP contribution is -2.03. The number of halogens is 2. The Morgan fingerprint density at radius 3 is 2.81 bits per heavy atom. The van der Waals surface area contributed by atoms with Crippen LogP contribution in [0.1, 0.15) is 5.56 Å². The van der Waals surface area contributed by atoms with Crippen molar-refractivity contribution in [1.82, 2.24) is 0 Å². The zero-order valence-electron chi connectivity index (χ0n) is 11.1. The first-order chi connectivity index (χ1) is 10.2. The minimum absolute atomic E-state index is 0.132. The summed E-state index contributed by atoms with van der Waals surface area (Å²) in [4.78, 5) is 0. The van der Waals surface area contributed by atoms with Crippen molar-refractivity contribution in [2.75, 3.05) is 5.32 Å². The molecule has 1 N–H and O–H groups in total. The van der Waals surface area contributed by atoms with Gasteiger partial charge in [0.05, 0.1) is 6.26 Å². The number of para-hydroxylation sites is 1. The van der Waals surface area contributed by atoms with Gasteiger partial charge in [0, 0.05) is 29.2 Å². The van der Waals surface area contributed by atoms with E-state index in [9.17, 15) is 8.78 Å². The third-order valence-electron chi connectivity index (χ3n) is 3.10. The van der Waals surface area contributed by atoms with E-state index in [-0.39, 0.29) is 5.75 Å². The van der Waals surface area contributed by atoms with Gasteiger partial charge in [0.25, 0.3) is 0 Å². The van der Waals surface area contributed by atoms with Crippen LogP contribution in [0, 0.1) is 0 Å². The van der Waals surface area contributed by atoms with E-state index in [2.05, 4.69) is 10.1 Å². The third-order valence-corrected chi connectivity index (χ3v) is 3.10. The average molecular weight is 289 g/mol. The van der Waals surface area contributed by atoms with Crippen LogP contribution in [0.15, 0.2) is 59.2 Å². The molecule has 0 bridgehead atoms. The number of fused-ring (bicyclic) bond motifs is 1. The van der Waals surface area contributed by atoms with E-state index in [4.69, 9.17) is 4.42 Å². The van der Waals surface area contributed by atoms with Gasteiger partial charge in [-0.3, -0.25) is 0 Å². The largest absolute Gasteiger partial charge is 0.464 e. The first kappa shape index (κ1) is 13.4. The normalized spacial score (nSPS) is 11.0. The van der Waals surface area contributed by atoms with Crippen molar-refractivity contribution in [2.45, 2.75) is 13.2 Å². The second-order valence-electron chi connectivity index (χ2n) is 4.52. The molecule has 0 amide bonds. The summed E-state index contributed by atoms with van der Waals surface area (Å²) < 4.78 is 34.2. The minimum atomic E-state index is -2.82. The van der Waals surface area contributed by atoms with Crippen LogP contribution in [0.3, 0.4) is 0 Å². The number of ether oxygens (including phenoxy) is 1. The molecule has 0 unspecified atom stereocenters. The van der Waals surface area contributed by atoms with Gasteiger partial charge in [0.1, 0.15) is 11.3 Å². The molecule has 0 spiro atoms. The summed E-state index contributed by atoms with van der Waals surface area (Å²) in [7, 11) is 0. The van der Waals surface area contributed by atoms with E-state index in [0.717, 1.165) is 16.5 Å². The summed E-state index contributed by atoms with van der Waals surface area (Å²) in [6, 6.07) is 14.2. The van der Waals surface area contributed by atoms with E-state index >= 15 is 0 Å². The molecule has 0 aliphatic heterocycles. The number of rotatable bonds is 5. The molecule has 3 rings (SSSR count). The van der Waals surface area contributed by atoms with Gasteiger partial charge in [-0.25, -0.2) is 0 Å². The van der Waals surface area contributed by atoms with Crippen LogP contribution in [0.25, 0.3) is 11.0 Å². The van der Waals surface area contributed by atoms with E-state index < -0.39 is 6.61 Å². The van der Waals surface area contributed by atoms with E-state index in [1.165, 1.54) is 12.1 Å². The third kappa shape index (κ3) is 3.13. The zero-order valence-corrected chi connectivity index (χ0v) is 11.1. The standard InChI is InChI=1S/C16H13F2NO2/c17-16(18)21-13-5-3-4-12(8-13)19-9-11-10-20-15-7-2-1-6-14(11)15/h1-8,10,16,19H,9H2. The molecule has 2 aromatic carbocycles. The Bertz CT molecular complexity index is 740. The van der Waals surface area contributed by atoms with Crippen LogP contribution in [-0.2, 0) is 6.54 Å². The fraction of sp³-hybridized carbons (Fsp3) is 0.125.